The summed E-state index contributed by atoms with van der Waals surface area (Å²) in [5.41, 5.74) is 9.42. The van der Waals surface area contributed by atoms with Gasteiger partial charge in [0.25, 0.3) is 0 Å². The Kier molecular flexibility index (Phi) is 7.43. The maximum atomic E-state index is 5.42. The summed E-state index contributed by atoms with van der Waals surface area (Å²) in [4.78, 5) is 5.42. The van der Waals surface area contributed by atoms with Crippen molar-refractivity contribution in [2.24, 2.45) is 4.99 Å². The highest BCUT2D eigenvalue weighted by molar-refractivity contribution is 6.00. The van der Waals surface area contributed by atoms with Crippen LogP contribution in [0.5, 0.6) is 0 Å². The monoisotopic (exact) mass is 522 g/mol. The quantitative estimate of drug-likeness (QED) is 0.364. The molecule has 0 saturated carbocycles. The lowest BCUT2D eigenvalue weighted by atomic mass is 9.76. The molecular weight excluding hydrogens is 472 g/mol. The standard InChI is InChI=1S/C37H50N2/c1-34(2,3)27-18-25(19-28(22-27)35(4,5)6)31-32(39-33(38-31)24-16-14-13-15-17-24)26-20-29(36(7,8)9)23-30(21-26)37(10,11)12/h13-23,31-32H,1-12H3,(H,38,39)/t31-,32-/m1/s1. The zero-order chi connectivity index (χ0) is 29.0. The van der Waals surface area contributed by atoms with Crippen molar-refractivity contribution < 1.29 is 0 Å². The van der Waals surface area contributed by atoms with Crippen molar-refractivity contribution in [2.45, 2.75) is 117 Å². The van der Waals surface area contributed by atoms with E-state index in [9.17, 15) is 0 Å². The fourth-order valence-corrected chi connectivity index (χ4v) is 5.15. The number of nitrogens with one attached hydrogen (secondary N) is 1. The lowest BCUT2D eigenvalue weighted by molar-refractivity contribution is 0.537. The number of hydrogen-bond acceptors (Lipinski definition) is 2. The van der Waals surface area contributed by atoms with Gasteiger partial charge < -0.3 is 5.32 Å². The lowest BCUT2D eigenvalue weighted by Crippen LogP contribution is -2.27. The molecule has 39 heavy (non-hydrogen) atoms. The van der Waals surface area contributed by atoms with E-state index >= 15 is 0 Å². The van der Waals surface area contributed by atoms with E-state index in [-0.39, 0.29) is 33.7 Å². The van der Waals surface area contributed by atoms with E-state index < -0.39 is 0 Å². The Labute approximate surface area is 238 Å². The first kappa shape index (κ1) is 29.1. The number of rotatable bonds is 3. The predicted octanol–water partition coefficient (Wildman–Crippen LogP) is 9.71. The second-order valence-corrected chi connectivity index (χ2v) is 15.6. The first-order chi connectivity index (χ1) is 17.8. The molecule has 1 aliphatic rings. The van der Waals surface area contributed by atoms with Crippen LogP contribution in [0, 0.1) is 0 Å². The summed E-state index contributed by atoms with van der Waals surface area (Å²) in [6.45, 7) is 27.7. The molecule has 0 spiro atoms. The molecule has 3 aromatic rings. The lowest BCUT2D eigenvalue weighted by Gasteiger charge is -2.30. The number of hydrogen-bond donors (Lipinski definition) is 1. The fraction of sp³-hybridized carbons (Fsp3) is 0.486. The molecule has 1 heterocycles. The van der Waals surface area contributed by atoms with Gasteiger partial charge in [-0.25, -0.2) is 0 Å². The SMILES string of the molecule is CC(C)(C)c1cc([C@H]2N=C(c3ccccc3)N[C@@H]2c2cc(C(C)(C)C)cc(C(C)(C)C)c2)cc(C(C)(C)C)c1. The van der Waals surface area contributed by atoms with Gasteiger partial charge >= 0.3 is 0 Å². The summed E-state index contributed by atoms with van der Waals surface area (Å²) < 4.78 is 0. The Bertz CT molecular complexity index is 1290. The van der Waals surface area contributed by atoms with E-state index in [1.54, 1.807) is 0 Å². The number of nitrogens with zero attached hydrogens (tertiary/aromatic N) is 1. The van der Waals surface area contributed by atoms with Gasteiger partial charge in [-0.15, -0.1) is 0 Å². The molecule has 0 aliphatic carbocycles. The Balaban J connectivity index is 1.96. The Morgan fingerprint density at radius 3 is 1.28 bits per heavy atom. The maximum absolute atomic E-state index is 5.42. The normalized spacial score (nSPS) is 18.6. The average molecular weight is 523 g/mol. The largest absolute Gasteiger partial charge is 0.361 e. The van der Waals surface area contributed by atoms with E-state index in [0.29, 0.717) is 0 Å². The van der Waals surface area contributed by atoms with Crippen LogP contribution >= 0.6 is 0 Å². The summed E-state index contributed by atoms with van der Waals surface area (Å²) in [7, 11) is 0. The molecule has 0 bridgehead atoms. The van der Waals surface area contributed by atoms with Gasteiger partial charge in [-0.05, 0) is 55.0 Å². The van der Waals surface area contributed by atoms with Crippen LogP contribution in [0.1, 0.15) is 134 Å². The van der Waals surface area contributed by atoms with Crippen LogP contribution in [0.4, 0.5) is 0 Å². The predicted molar refractivity (Wildman–Crippen MR) is 169 cm³/mol. The number of amidine groups is 1. The van der Waals surface area contributed by atoms with Gasteiger partial charge in [-0.3, -0.25) is 4.99 Å². The Morgan fingerprint density at radius 2 is 0.897 bits per heavy atom. The maximum Gasteiger partial charge on any atom is 0.129 e. The fourth-order valence-electron chi connectivity index (χ4n) is 5.15. The Morgan fingerprint density at radius 1 is 0.513 bits per heavy atom. The molecule has 2 atom stereocenters. The molecule has 4 rings (SSSR count). The van der Waals surface area contributed by atoms with Crippen molar-refractivity contribution in [1.82, 2.24) is 5.32 Å². The van der Waals surface area contributed by atoms with Crippen LogP contribution in [0.2, 0.25) is 0 Å². The molecule has 0 saturated heterocycles. The molecule has 2 heteroatoms. The molecule has 208 valence electrons. The van der Waals surface area contributed by atoms with Crippen LogP contribution in [0.3, 0.4) is 0 Å². The smallest absolute Gasteiger partial charge is 0.129 e. The third-order valence-corrected chi connectivity index (χ3v) is 8.00. The van der Waals surface area contributed by atoms with Gasteiger partial charge in [0.1, 0.15) is 11.9 Å². The van der Waals surface area contributed by atoms with Gasteiger partial charge in [0.05, 0.1) is 6.04 Å². The van der Waals surface area contributed by atoms with Crippen molar-refractivity contribution in [3.63, 3.8) is 0 Å². The minimum Gasteiger partial charge on any atom is -0.361 e. The number of aliphatic imine (C=N–C) groups is 1. The van der Waals surface area contributed by atoms with Gasteiger partial charge in [-0.1, -0.05) is 150 Å². The van der Waals surface area contributed by atoms with Crippen LogP contribution in [0.25, 0.3) is 0 Å². The summed E-state index contributed by atoms with van der Waals surface area (Å²) >= 11 is 0. The van der Waals surface area contributed by atoms with E-state index in [0.717, 1.165) is 11.4 Å². The topological polar surface area (TPSA) is 24.4 Å². The summed E-state index contributed by atoms with van der Waals surface area (Å²) in [6, 6.07) is 25.1. The van der Waals surface area contributed by atoms with Crippen LogP contribution in [-0.2, 0) is 21.7 Å². The third-order valence-electron chi connectivity index (χ3n) is 8.00. The molecule has 0 fully saturated rings. The van der Waals surface area contributed by atoms with E-state index in [1.807, 2.05) is 0 Å². The molecular formula is C37H50N2. The highest BCUT2D eigenvalue weighted by atomic mass is 15.1. The van der Waals surface area contributed by atoms with Crippen molar-refractivity contribution >= 4 is 5.84 Å². The zero-order valence-electron chi connectivity index (χ0n) is 26.5. The van der Waals surface area contributed by atoms with Crippen molar-refractivity contribution in [3.05, 3.63) is 106 Å². The average Bonchev–Trinajstić information content (AvgIpc) is 3.27. The minimum atomic E-state index is -0.0216. The second kappa shape index (κ2) is 9.95. The van der Waals surface area contributed by atoms with Gasteiger partial charge in [-0.2, -0.15) is 0 Å². The molecule has 0 aromatic heterocycles. The van der Waals surface area contributed by atoms with Gasteiger partial charge in [0, 0.05) is 5.56 Å². The van der Waals surface area contributed by atoms with Gasteiger partial charge in [0.15, 0.2) is 0 Å². The second-order valence-electron chi connectivity index (χ2n) is 15.6. The van der Waals surface area contributed by atoms with E-state index in [1.165, 1.54) is 33.4 Å². The first-order valence-corrected chi connectivity index (χ1v) is 14.6. The van der Waals surface area contributed by atoms with Crippen LogP contribution in [-0.4, -0.2) is 5.84 Å². The highest BCUT2D eigenvalue weighted by Crippen LogP contribution is 2.42. The number of benzene rings is 3. The molecule has 0 unspecified atom stereocenters. The van der Waals surface area contributed by atoms with Crippen molar-refractivity contribution in [2.75, 3.05) is 0 Å². The third kappa shape index (κ3) is 6.48. The first-order valence-electron chi connectivity index (χ1n) is 14.6. The van der Waals surface area contributed by atoms with Crippen LogP contribution < -0.4 is 5.32 Å². The van der Waals surface area contributed by atoms with E-state index in [2.05, 4.69) is 155 Å². The Hall–Kier alpha value is -2.87. The highest BCUT2D eigenvalue weighted by Gasteiger charge is 2.35. The van der Waals surface area contributed by atoms with Crippen LogP contribution in [0.15, 0.2) is 71.7 Å². The molecule has 0 radical (unpaired) electrons. The van der Waals surface area contributed by atoms with Gasteiger partial charge in [0.2, 0.25) is 0 Å². The van der Waals surface area contributed by atoms with E-state index in [4.69, 9.17) is 4.99 Å². The zero-order valence-corrected chi connectivity index (χ0v) is 26.5. The minimum absolute atomic E-state index is 0.0216. The summed E-state index contributed by atoms with van der Waals surface area (Å²) in [6.07, 6.45) is 0. The summed E-state index contributed by atoms with van der Waals surface area (Å²) in [5, 5.41) is 3.90. The van der Waals surface area contributed by atoms with Crippen molar-refractivity contribution in [3.8, 4) is 0 Å². The van der Waals surface area contributed by atoms with Crippen molar-refractivity contribution in [1.29, 1.82) is 0 Å². The molecule has 2 nitrogen and oxygen atoms in total. The molecule has 1 aliphatic heterocycles. The molecule has 0 amide bonds. The molecule has 1 N–H and O–H groups in total. The summed E-state index contributed by atoms with van der Waals surface area (Å²) in [5.74, 6) is 0.975. The molecule has 3 aromatic carbocycles.